The maximum absolute atomic E-state index is 4.43. The minimum Gasteiger partial charge on any atom is -0.381 e. The molecule has 3 heterocycles. The first-order valence-electron chi connectivity index (χ1n) is 7.24. The average molecular weight is 282 g/mol. The third kappa shape index (κ3) is 2.27. The fourth-order valence-corrected chi connectivity index (χ4v) is 2.88. The highest BCUT2D eigenvalue weighted by Gasteiger charge is 2.15. The van der Waals surface area contributed by atoms with Gasteiger partial charge in [-0.3, -0.25) is 9.78 Å². The molecule has 1 saturated heterocycles. The number of rotatable bonds is 3. The number of nitrogens with zero attached hydrogens (tertiary/aromatic N) is 3. The van der Waals surface area contributed by atoms with Crippen molar-refractivity contribution in [3.05, 3.63) is 30.6 Å². The molecule has 1 aliphatic rings. The van der Waals surface area contributed by atoms with Crippen molar-refractivity contribution in [2.45, 2.75) is 12.5 Å². The van der Waals surface area contributed by atoms with Crippen LogP contribution in [0.15, 0.2) is 30.6 Å². The molecule has 0 amide bonds. The van der Waals surface area contributed by atoms with Crippen molar-refractivity contribution in [2.24, 2.45) is 7.05 Å². The molecule has 0 aliphatic carbocycles. The van der Waals surface area contributed by atoms with Crippen molar-refractivity contribution in [1.29, 1.82) is 0 Å². The highest BCUT2D eigenvalue weighted by molar-refractivity contribution is 5.94. The third-order valence-corrected chi connectivity index (χ3v) is 3.97. The fraction of sp³-hybridized carbons (Fsp3) is 0.333. The van der Waals surface area contributed by atoms with Gasteiger partial charge in [-0.1, -0.05) is 0 Å². The van der Waals surface area contributed by atoms with Crippen LogP contribution in [0.25, 0.3) is 22.2 Å². The predicted molar refractivity (Wildman–Crippen MR) is 83.2 cm³/mol. The molecule has 0 bridgehead atoms. The lowest BCUT2D eigenvalue weighted by molar-refractivity contribution is 0.768. The van der Waals surface area contributed by atoms with E-state index in [1.54, 1.807) is 4.68 Å². The van der Waals surface area contributed by atoms with Crippen molar-refractivity contribution in [2.75, 3.05) is 18.4 Å². The Balaban J connectivity index is 1.71. The number of aromatic nitrogens is 4. The molecule has 1 aromatic carbocycles. The van der Waals surface area contributed by atoms with E-state index in [1.165, 1.54) is 6.42 Å². The summed E-state index contributed by atoms with van der Waals surface area (Å²) in [7, 11) is 1.92. The highest BCUT2D eigenvalue weighted by Crippen LogP contribution is 2.28. The molecule has 0 unspecified atom stereocenters. The van der Waals surface area contributed by atoms with E-state index in [2.05, 4.69) is 44.1 Å². The molecular formula is C15H18N6. The number of hydrogen-bond acceptors (Lipinski definition) is 4. The summed E-state index contributed by atoms with van der Waals surface area (Å²) in [6, 6.07) is 6.86. The lowest BCUT2D eigenvalue weighted by atomic mass is 10.1. The Bertz CT molecular complexity index is 765. The van der Waals surface area contributed by atoms with Crippen LogP contribution < -0.4 is 10.6 Å². The van der Waals surface area contributed by atoms with Crippen LogP contribution in [0, 0.1) is 0 Å². The van der Waals surface area contributed by atoms with Crippen LogP contribution in [0.3, 0.4) is 0 Å². The van der Waals surface area contributed by atoms with E-state index in [0.29, 0.717) is 6.04 Å². The summed E-state index contributed by atoms with van der Waals surface area (Å²) in [4.78, 5) is 0. The molecular weight excluding hydrogens is 264 g/mol. The minimum absolute atomic E-state index is 0.510. The molecule has 21 heavy (non-hydrogen) atoms. The molecule has 6 nitrogen and oxygen atoms in total. The standard InChI is InChI=1S/C15H18N6/c1-21-9-10(7-17-21)15-13-6-11(2-3-14(13)19-20-15)18-12-4-5-16-8-12/h2-3,6-7,9,12,16,18H,4-5,8H2,1H3,(H,19,20)/t12-/m0/s1. The molecule has 1 atom stereocenters. The van der Waals surface area contributed by atoms with Crippen LogP contribution in [-0.2, 0) is 7.05 Å². The molecule has 6 heteroatoms. The minimum atomic E-state index is 0.510. The van der Waals surface area contributed by atoms with Crippen LogP contribution in [0.1, 0.15) is 6.42 Å². The number of nitrogens with one attached hydrogen (secondary N) is 3. The maximum Gasteiger partial charge on any atom is 0.103 e. The van der Waals surface area contributed by atoms with Gasteiger partial charge in [-0.25, -0.2) is 0 Å². The molecule has 3 N–H and O–H groups in total. The van der Waals surface area contributed by atoms with Gasteiger partial charge in [0, 0.05) is 42.5 Å². The van der Waals surface area contributed by atoms with E-state index in [1.807, 2.05) is 19.4 Å². The second-order valence-electron chi connectivity index (χ2n) is 5.57. The fourth-order valence-electron chi connectivity index (χ4n) is 2.88. The topological polar surface area (TPSA) is 70.6 Å². The van der Waals surface area contributed by atoms with Crippen LogP contribution >= 0.6 is 0 Å². The summed E-state index contributed by atoms with van der Waals surface area (Å²) in [5.74, 6) is 0. The summed E-state index contributed by atoms with van der Waals surface area (Å²) in [6.07, 6.45) is 4.99. The van der Waals surface area contributed by atoms with E-state index in [9.17, 15) is 0 Å². The lowest BCUT2D eigenvalue weighted by Gasteiger charge is -2.12. The second kappa shape index (κ2) is 4.89. The van der Waals surface area contributed by atoms with Crippen molar-refractivity contribution in [3.63, 3.8) is 0 Å². The van der Waals surface area contributed by atoms with Crippen LogP contribution in [0.4, 0.5) is 5.69 Å². The third-order valence-electron chi connectivity index (χ3n) is 3.97. The number of H-pyrrole nitrogens is 1. The van der Waals surface area contributed by atoms with Gasteiger partial charge in [0.15, 0.2) is 0 Å². The Morgan fingerprint density at radius 2 is 2.33 bits per heavy atom. The van der Waals surface area contributed by atoms with E-state index < -0.39 is 0 Å². The number of hydrogen-bond donors (Lipinski definition) is 3. The maximum atomic E-state index is 4.43. The molecule has 2 aromatic heterocycles. The number of benzene rings is 1. The smallest absolute Gasteiger partial charge is 0.103 e. The quantitative estimate of drug-likeness (QED) is 0.684. The highest BCUT2D eigenvalue weighted by atomic mass is 15.2. The van der Waals surface area contributed by atoms with Gasteiger partial charge in [-0.05, 0) is 31.2 Å². The molecule has 1 fully saturated rings. The second-order valence-corrected chi connectivity index (χ2v) is 5.57. The van der Waals surface area contributed by atoms with Crippen LogP contribution in [-0.4, -0.2) is 39.1 Å². The van der Waals surface area contributed by atoms with Gasteiger partial charge in [0.25, 0.3) is 0 Å². The number of anilines is 1. The summed E-state index contributed by atoms with van der Waals surface area (Å²) in [5.41, 5.74) is 4.17. The molecule has 0 spiro atoms. The summed E-state index contributed by atoms with van der Waals surface area (Å²) < 4.78 is 1.79. The normalized spacial score (nSPS) is 18.4. The van der Waals surface area contributed by atoms with E-state index in [0.717, 1.165) is 40.9 Å². The van der Waals surface area contributed by atoms with Gasteiger partial charge in [0.1, 0.15) is 5.69 Å². The Labute approximate surface area is 122 Å². The molecule has 4 rings (SSSR count). The largest absolute Gasteiger partial charge is 0.381 e. The Hall–Kier alpha value is -2.34. The van der Waals surface area contributed by atoms with Gasteiger partial charge >= 0.3 is 0 Å². The van der Waals surface area contributed by atoms with Crippen molar-refractivity contribution in [3.8, 4) is 11.3 Å². The lowest BCUT2D eigenvalue weighted by Crippen LogP contribution is -2.21. The van der Waals surface area contributed by atoms with Crippen molar-refractivity contribution in [1.82, 2.24) is 25.3 Å². The van der Waals surface area contributed by atoms with Crippen LogP contribution in [0.2, 0.25) is 0 Å². The van der Waals surface area contributed by atoms with E-state index >= 15 is 0 Å². The SMILES string of the molecule is Cn1cc(-c2n[nH]c3ccc(N[C@H]4CCNC4)cc23)cn1. The Kier molecular flexibility index (Phi) is 2.89. The monoisotopic (exact) mass is 282 g/mol. The predicted octanol–water partition coefficient (Wildman–Crippen LogP) is 1.74. The number of aryl methyl sites for hydroxylation is 1. The molecule has 0 radical (unpaired) electrons. The van der Waals surface area contributed by atoms with Gasteiger partial charge in [-0.15, -0.1) is 0 Å². The summed E-state index contributed by atoms with van der Waals surface area (Å²) in [5, 5.41) is 19.8. The van der Waals surface area contributed by atoms with Gasteiger partial charge in [-0.2, -0.15) is 10.2 Å². The zero-order valence-electron chi connectivity index (χ0n) is 11.9. The first-order chi connectivity index (χ1) is 10.3. The van der Waals surface area contributed by atoms with Gasteiger partial charge < -0.3 is 10.6 Å². The molecule has 0 saturated carbocycles. The number of fused-ring (bicyclic) bond motifs is 1. The molecule has 108 valence electrons. The van der Waals surface area contributed by atoms with E-state index in [-0.39, 0.29) is 0 Å². The summed E-state index contributed by atoms with van der Waals surface area (Å²) >= 11 is 0. The summed E-state index contributed by atoms with van der Waals surface area (Å²) in [6.45, 7) is 2.12. The first-order valence-corrected chi connectivity index (χ1v) is 7.24. The van der Waals surface area contributed by atoms with Gasteiger partial charge in [0.2, 0.25) is 0 Å². The van der Waals surface area contributed by atoms with Gasteiger partial charge in [0.05, 0.1) is 11.7 Å². The molecule has 3 aromatic rings. The Morgan fingerprint density at radius 3 is 3.10 bits per heavy atom. The van der Waals surface area contributed by atoms with Crippen molar-refractivity contribution < 1.29 is 0 Å². The zero-order valence-corrected chi connectivity index (χ0v) is 11.9. The van der Waals surface area contributed by atoms with Crippen molar-refractivity contribution >= 4 is 16.6 Å². The number of aromatic amines is 1. The van der Waals surface area contributed by atoms with E-state index in [4.69, 9.17) is 0 Å². The Morgan fingerprint density at radius 1 is 1.38 bits per heavy atom. The first kappa shape index (κ1) is 12.4. The average Bonchev–Trinajstić information content (AvgIpc) is 3.19. The molecule has 1 aliphatic heterocycles. The zero-order chi connectivity index (χ0) is 14.2. The van der Waals surface area contributed by atoms with Crippen LogP contribution in [0.5, 0.6) is 0 Å².